The van der Waals surface area contributed by atoms with Crippen molar-refractivity contribution in [3.05, 3.63) is 0 Å². The van der Waals surface area contributed by atoms with Crippen molar-refractivity contribution in [2.75, 3.05) is 46.4 Å². The van der Waals surface area contributed by atoms with Gasteiger partial charge in [-0.2, -0.15) is 0 Å². The molecule has 0 saturated carbocycles. The zero-order valence-corrected chi connectivity index (χ0v) is 12.1. The normalized spacial score (nSPS) is 22.2. The summed E-state index contributed by atoms with van der Waals surface area (Å²) in [5.41, 5.74) is 0.378. The van der Waals surface area contributed by atoms with E-state index in [1.54, 1.807) is 7.11 Å². The van der Waals surface area contributed by atoms with Gasteiger partial charge < -0.3 is 15.0 Å². The minimum atomic E-state index is 0.378. The fraction of sp³-hybridized carbons (Fsp3) is 1.00. The summed E-state index contributed by atoms with van der Waals surface area (Å²) in [5.74, 6) is 0.855. The zero-order valence-electron chi connectivity index (χ0n) is 12.1. The molecule has 1 atom stereocenters. The first-order valence-electron chi connectivity index (χ1n) is 6.99. The average molecular weight is 242 g/mol. The number of rotatable bonds is 8. The van der Waals surface area contributed by atoms with Crippen LogP contribution >= 0.6 is 0 Å². The quantitative estimate of drug-likeness (QED) is 0.704. The van der Waals surface area contributed by atoms with Crippen molar-refractivity contribution in [2.24, 2.45) is 11.3 Å². The number of hydrogen-bond acceptors (Lipinski definition) is 3. The van der Waals surface area contributed by atoms with Gasteiger partial charge in [0.2, 0.25) is 0 Å². The molecule has 0 spiro atoms. The summed E-state index contributed by atoms with van der Waals surface area (Å²) in [7, 11) is 1.79. The Kier molecular flexibility index (Phi) is 6.45. The summed E-state index contributed by atoms with van der Waals surface area (Å²) >= 11 is 0. The molecule has 0 amide bonds. The molecule has 0 bridgehead atoms. The lowest BCUT2D eigenvalue weighted by molar-refractivity contribution is 0.124. The summed E-state index contributed by atoms with van der Waals surface area (Å²) < 4.78 is 5.19. The lowest BCUT2D eigenvalue weighted by Gasteiger charge is -2.30. The van der Waals surface area contributed by atoms with E-state index in [1.165, 1.54) is 32.6 Å². The number of nitrogens with one attached hydrogen (secondary N) is 1. The molecule has 1 aliphatic heterocycles. The molecule has 1 rings (SSSR count). The van der Waals surface area contributed by atoms with E-state index in [9.17, 15) is 0 Å². The SMILES string of the molecule is CCNCC1CCN(CC(C)(C)CCOC)C1. The Hall–Kier alpha value is -0.120. The van der Waals surface area contributed by atoms with Crippen LogP contribution in [0, 0.1) is 11.3 Å². The third kappa shape index (κ3) is 5.84. The zero-order chi connectivity index (χ0) is 12.7. The first kappa shape index (κ1) is 14.9. The maximum atomic E-state index is 5.19. The summed E-state index contributed by atoms with van der Waals surface area (Å²) in [4.78, 5) is 2.62. The third-order valence-electron chi connectivity index (χ3n) is 3.69. The van der Waals surface area contributed by atoms with Crippen molar-refractivity contribution in [2.45, 2.75) is 33.6 Å². The van der Waals surface area contributed by atoms with Gasteiger partial charge in [-0.15, -0.1) is 0 Å². The van der Waals surface area contributed by atoms with Crippen molar-refractivity contribution in [3.63, 3.8) is 0 Å². The van der Waals surface area contributed by atoms with Crippen LogP contribution in [0.2, 0.25) is 0 Å². The molecular weight excluding hydrogens is 212 g/mol. The van der Waals surface area contributed by atoms with Crippen molar-refractivity contribution in [3.8, 4) is 0 Å². The highest BCUT2D eigenvalue weighted by atomic mass is 16.5. The molecule has 1 N–H and O–H groups in total. The molecule has 1 heterocycles. The Morgan fingerprint density at radius 2 is 2.18 bits per heavy atom. The van der Waals surface area contributed by atoms with Crippen LogP contribution in [0.15, 0.2) is 0 Å². The number of methoxy groups -OCH3 is 1. The largest absolute Gasteiger partial charge is 0.385 e. The van der Waals surface area contributed by atoms with Crippen LogP contribution in [0.25, 0.3) is 0 Å². The summed E-state index contributed by atoms with van der Waals surface area (Å²) in [6, 6.07) is 0. The predicted molar refractivity (Wildman–Crippen MR) is 73.4 cm³/mol. The minimum absolute atomic E-state index is 0.378. The van der Waals surface area contributed by atoms with Gasteiger partial charge in [0, 0.05) is 26.8 Å². The fourth-order valence-corrected chi connectivity index (χ4v) is 2.63. The number of ether oxygens (including phenoxy) is 1. The Morgan fingerprint density at radius 1 is 1.41 bits per heavy atom. The Morgan fingerprint density at radius 3 is 2.82 bits per heavy atom. The van der Waals surface area contributed by atoms with Gasteiger partial charge in [-0.05, 0) is 43.8 Å². The lowest BCUT2D eigenvalue weighted by atomic mass is 9.89. The smallest absolute Gasteiger partial charge is 0.0467 e. The van der Waals surface area contributed by atoms with E-state index in [0.717, 1.165) is 25.5 Å². The lowest BCUT2D eigenvalue weighted by Crippen LogP contribution is -2.34. The second-order valence-corrected chi connectivity index (χ2v) is 6.10. The van der Waals surface area contributed by atoms with E-state index in [-0.39, 0.29) is 0 Å². The highest BCUT2D eigenvalue weighted by Gasteiger charge is 2.27. The number of likely N-dealkylation sites (tertiary alicyclic amines) is 1. The van der Waals surface area contributed by atoms with Crippen molar-refractivity contribution in [1.29, 1.82) is 0 Å². The first-order valence-corrected chi connectivity index (χ1v) is 6.99. The maximum absolute atomic E-state index is 5.19. The van der Waals surface area contributed by atoms with Gasteiger partial charge in [0.25, 0.3) is 0 Å². The summed E-state index contributed by atoms with van der Waals surface area (Å²) in [6.45, 7) is 13.8. The molecule has 1 unspecified atom stereocenters. The van der Waals surface area contributed by atoms with Gasteiger partial charge in [-0.3, -0.25) is 0 Å². The van der Waals surface area contributed by atoms with E-state index in [0.29, 0.717) is 5.41 Å². The van der Waals surface area contributed by atoms with Gasteiger partial charge in [-0.1, -0.05) is 20.8 Å². The molecule has 3 heteroatoms. The van der Waals surface area contributed by atoms with Gasteiger partial charge >= 0.3 is 0 Å². The second-order valence-electron chi connectivity index (χ2n) is 6.10. The van der Waals surface area contributed by atoms with E-state index in [1.807, 2.05) is 0 Å². The molecule has 0 aromatic heterocycles. The molecule has 1 aliphatic rings. The highest BCUT2D eigenvalue weighted by Crippen LogP contribution is 2.25. The van der Waals surface area contributed by atoms with Crippen LogP contribution in [0.4, 0.5) is 0 Å². The molecule has 1 fully saturated rings. The molecule has 102 valence electrons. The van der Waals surface area contributed by atoms with E-state index in [2.05, 4.69) is 31.0 Å². The van der Waals surface area contributed by atoms with E-state index < -0.39 is 0 Å². The third-order valence-corrected chi connectivity index (χ3v) is 3.69. The van der Waals surface area contributed by atoms with E-state index >= 15 is 0 Å². The molecule has 3 nitrogen and oxygen atoms in total. The van der Waals surface area contributed by atoms with Gasteiger partial charge in [0.1, 0.15) is 0 Å². The van der Waals surface area contributed by atoms with Crippen LogP contribution in [-0.4, -0.2) is 51.3 Å². The standard InChI is InChI=1S/C14H30N2O/c1-5-15-10-13-6-8-16(11-13)12-14(2,3)7-9-17-4/h13,15H,5-12H2,1-4H3. The topological polar surface area (TPSA) is 24.5 Å². The molecular formula is C14H30N2O. The molecule has 0 aliphatic carbocycles. The van der Waals surface area contributed by atoms with Crippen molar-refractivity contribution in [1.82, 2.24) is 10.2 Å². The van der Waals surface area contributed by atoms with E-state index in [4.69, 9.17) is 4.74 Å². The Balaban J connectivity index is 2.24. The maximum Gasteiger partial charge on any atom is 0.0467 e. The fourth-order valence-electron chi connectivity index (χ4n) is 2.63. The van der Waals surface area contributed by atoms with Crippen molar-refractivity contribution >= 4 is 0 Å². The van der Waals surface area contributed by atoms with Crippen LogP contribution < -0.4 is 5.32 Å². The first-order chi connectivity index (χ1) is 8.07. The molecule has 0 aromatic rings. The highest BCUT2D eigenvalue weighted by molar-refractivity contribution is 4.81. The van der Waals surface area contributed by atoms with Crippen LogP contribution in [-0.2, 0) is 4.74 Å². The molecule has 17 heavy (non-hydrogen) atoms. The van der Waals surface area contributed by atoms with Gasteiger partial charge in [-0.25, -0.2) is 0 Å². The van der Waals surface area contributed by atoms with Gasteiger partial charge in [0.15, 0.2) is 0 Å². The Bertz CT molecular complexity index is 206. The second kappa shape index (κ2) is 7.34. The number of nitrogens with zero attached hydrogens (tertiary/aromatic N) is 1. The molecule has 0 radical (unpaired) electrons. The Labute approximate surface area is 107 Å². The molecule has 0 aromatic carbocycles. The number of hydrogen-bond donors (Lipinski definition) is 1. The van der Waals surface area contributed by atoms with Crippen LogP contribution in [0.5, 0.6) is 0 Å². The summed E-state index contributed by atoms with van der Waals surface area (Å²) in [6.07, 6.45) is 2.51. The summed E-state index contributed by atoms with van der Waals surface area (Å²) in [5, 5.41) is 3.46. The predicted octanol–water partition coefficient (Wildman–Crippen LogP) is 1.98. The van der Waals surface area contributed by atoms with Crippen molar-refractivity contribution < 1.29 is 4.74 Å². The average Bonchev–Trinajstić information content (AvgIpc) is 2.70. The minimum Gasteiger partial charge on any atom is -0.385 e. The monoisotopic (exact) mass is 242 g/mol. The van der Waals surface area contributed by atoms with Crippen LogP contribution in [0.3, 0.4) is 0 Å². The van der Waals surface area contributed by atoms with Crippen LogP contribution in [0.1, 0.15) is 33.6 Å². The van der Waals surface area contributed by atoms with Gasteiger partial charge in [0.05, 0.1) is 0 Å². The molecule has 1 saturated heterocycles.